The van der Waals surface area contributed by atoms with Crippen molar-refractivity contribution < 1.29 is 0 Å². The van der Waals surface area contributed by atoms with Crippen molar-refractivity contribution in [3.8, 4) is 44.5 Å². The third-order valence-corrected chi connectivity index (χ3v) is 11.2. The third-order valence-electron chi connectivity index (χ3n) is 11.2. The zero-order chi connectivity index (χ0) is 34.2. The summed E-state index contributed by atoms with van der Waals surface area (Å²) in [4.78, 5) is 0. The normalized spacial score (nSPS) is 11.8. The molecule has 11 rings (SSSR count). The minimum absolute atomic E-state index is 1.22. The Kier molecular flexibility index (Phi) is 6.35. The fourth-order valence-electron chi connectivity index (χ4n) is 9.07. The summed E-state index contributed by atoms with van der Waals surface area (Å²) >= 11 is 0. The lowest BCUT2D eigenvalue weighted by atomic mass is 9.80. The first kappa shape index (κ1) is 29.0. The molecule has 0 unspecified atom stereocenters. The van der Waals surface area contributed by atoms with Crippen molar-refractivity contribution in [2.45, 2.75) is 0 Å². The van der Waals surface area contributed by atoms with Crippen LogP contribution in [0.1, 0.15) is 0 Å². The summed E-state index contributed by atoms with van der Waals surface area (Å²) in [5.74, 6) is 0. The highest BCUT2D eigenvalue weighted by Crippen LogP contribution is 2.51. The van der Waals surface area contributed by atoms with E-state index in [1.807, 2.05) is 0 Å². The minimum atomic E-state index is 1.22. The second-order valence-electron chi connectivity index (χ2n) is 13.9. The third kappa shape index (κ3) is 4.16. The zero-order valence-electron chi connectivity index (χ0n) is 28.5. The number of rotatable bonds is 4. The molecular formula is C52H32. The van der Waals surface area contributed by atoms with Crippen LogP contribution in [0.3, 0.4) is 0 Å². The smallest absolute Gasteiger partial charge is 0.000763 e. The van der Waals surface area contributed by atoms with E-state index in [1.165, 1.54) is 109 Å². The molecule has 0 atom stereocenters. The Bertz CT molecular complexity index is 3140. The van der Waals surface area contributed by atoms with Gasteiger partial charge in [-0.25, -0.2) is 0 Å². The van der Waals surface area contributed by atoms with Crippen LogP contribution in [-0.4, -0.2) is 0 Å². The Balaban J connectivity index is 1.34. The summed E-state index contributed by atoms with van der Waals surface area (Å²) < 4.78 is 0. The molecule has 0 bridgehead atoms. The quantitative estimate of drug-likeness (QED) is 0.131. The van der Waals surface area contributed by atoms with Gasteiger partial charge in [0.05, 0.1) is 0 Å². The summed E-state index contributed by atoms with van der Waals surface area (Å²) in [6.45, 7) is 0. The highest BCUT2D eigenvalue weighted by molar-refractivity contribution is 6.41. The van der Waals surface area contributed by atoms with E-state index in [0.29, 0.717) is 0 Å². The second-order valence-corrected chi connectivity index (χ2v) is 13.9. The van der Waals surface area contributed by atoms with E-state index < -0.39 is 0 Å². The Morgan fingerprint density at radius 3 is 1.31 bits per heavy atom. The molecule has 240 valence electrons. The van der Waals surface area contributed by atoms with Crippen LogP contribution >= 0.6 is 0 Å². The number of hydrogen-bond acceptors (Lipinski definition) is 0. The van der Waals surface area contributed by atoms with Gasteiger partial charge in [0.1, 0.15) is 0 Å². The van der Waals surface area contributed by atoms with Crippen molar-refractivity contribution in [1.29, 1.82) is 0 Å². The molecule has 0 aliphatic heterocycles. The average molecular weight is 657 g/mol. The minimum Gasteiger partial charge on any atom is -0.0622 e. The van der Waals surface area contributed by atoms with Gasteiger partial charge in [-0.05, 0) is 115 Å². The Labute approximate surface area is 302 Å². The fraction of sp³-hybridized carbons (Fsp3) is 0. The summed E-state index contributed by atoms with van der Waals surface area (Å²) in [5.41, 5.74) is 10.0. The summed E-state index contributed by atoms with van der Waals surface area (Å²) in [7, 11) is 0. The summed E-state index contributed by atoms with van der Waals surface area (Å²) in [5, 5.41) is 15.6. The van der Waals surface area contributed by atoms with Gasteiger partial charge in [-0.15, -0.1) is 0 Å². The maximum atomic E-state index is 2.45. The van der Waals surface area contributed by atoms with Crippen LogP contribution < -0.4 is 0 Å². The van der Waals surface area contributed by atoms with Gasteiger partial charge in [-0.1, -0.05) is 188 Å². The van der Waals surface area contributed by atoms with Crippen molar-refractivity contribution >= 4 is 64.6 Å². The van der Waals surface area contributed by atoms with Crippen molar-refractivity contribution in [1.82, 2.24) is 0 Å². The van der Waals surface area contributed by atoms with Crippen LogP contribution in [0.2, 0.25) is 0 Å². The molecule has 0 aromatic heterocycles. The van der Waals surface area contributed by atoms with Crippen LogP contribution in [0.15, 0.2) is 194 Å². The van der Waals surface area contributed by atoms with Crippen LogP contribution in [0.25, 0.3) is 109 Å². The van der Waals surface area contributed by atoms with Crippen LogP contribution in [0.5, 0.6) is 0 Å². The molecule has 0 N–H and O–H groups in total. The zero-order valence-corrected chi connectivity index (χ0v) is 28.5. The topological polar surface area (TPSA) is 0 Å². The molecule has 0 heterocycles. The molecule has 0 heteroatoms. The van der Waals surface area contributed by atoms with E-state index in [2.05, 4.69) is 194 Å². The number of benzene rings is 11. The van der Waals surface area contributed by atoms with Gasteiger partial charge in [0, 0.05) is 0 Å². The summed E-state index contributed by atoms with van der Waals surface area (Å²) in [6.07, 6.45) is 0. The summed E-state index contributed by atoms with van der Waals surface area (Å²) in [6, 6.07) is 71.7. The average Bonchev–Trinajstić information content (AvgIpc) is 3.22. The number of hydrogen-bond donors (Lipinski definition) is 0. The van der Waals surface area contributed by atoms with Gasteiger partial charge < -0.3 is 0 Å². The van der Waals surface area contributed by atoms with E-state index >= 15 is 0 Å². The van der Waals surface area contributed by atoms with E-state index in [-0.39, 0.29) is 0 Å². The first-order valence-electron chi connectivity index (χ1n) is 18.1. The molecule has 11 aromatic rings. The lowest BCUT2D eigenvalue weighted by Gasteiger charge is -2.23. The highest BCUT2D eigenvalue weighted by Gasteiger charge is 2.23. The van der Waals surface area contributed by atoms with E-state index in [9.17, 15) is 0 Å². The Morgan fingerprint density at radius 2 is 0.654 bits per heavy atom. The lowest BCUT2D eigenvalue weighted by Crippen LogP contribution is -1.95. The molecule has 52 heavy (non-hydrogen) atoms. The van der Waals surface area contributed by atoms with Crippen molar-refractivity contribution in [2.24, 2.45) is 0 Å². The predicted octanol–water partition coefficient (Wildman–Crippen LogP) is 14.7. The second kappa shape index (κ2) is 11.4. The Hall–Kier alpha value is -6.76. The molecule has 0 aliphatic rings. The van der Waals surface area contributed by atoms with Crippen LogP contribution in [-0.2, 0) is 0 Å². The largest absolute Gasteiger partial charge is 0.0622 e. The van der Waals surface area contributed by atoms with Crippen molar-refractivity contribution in [3.63, 3.8) is 0 Å². The molecule has 0 fully saturated rings. The highest BCUT2D eigenvalue weighted by atomic mass is 14.3. The molecule has 0 radical (unpaired) electrons. The van der Waals surface area contributed by atoms with E-state index in [0.717, 1.165) is 0 Å². The SMILES string of the molecule is c1ccc(-c2cc(-c3ccc4c5c(-c6ccccc6)c6ccccc6c6cccc(c7cccc3c74)c65)c(-c3ccccc3)c3ccccc23)cc1. The van der Waals surface area contributed by atoms with Gasteiger partial charge in [-0.2, -0.15) is 0 Å². The molecule has 11 aromatic carbocycles. The molecule has 0 amide bonds. The maximum absolute atomic E-state index is 2.45. The molecule has 0 saturated carbocycles. The standard InChI is InChI=1S/C52H32/c1-4-16-33(17-5-1)46-32-47(48(34-18-6-2-7-19-34)39-24-12-11-23-37(39)46)38-30-31-45-50-41(38)26-14-28-43(50)44-29-15-27-42-36-22-10-13-25-40(36)49(52(45)51(42)44)35-20-8-3-9-21-35/h1-32H. The van der Waals surface area contributed by atoms with Gasteiger partial charge in [0.2, 0.25) is 0 Å². The van der Waals surface area contributed by atoms with Gasteiger partial charge in [0.25, 0.3) is 0 Å². The number of fused-ring (bicyclic) bond motifs is 5. The van der Waals surface area contributed by atoms with Crippen LogP contribution in [0.4, 0.5) is 0 Å². The van der Waals surface area contributed by atoms with E-state index in [4.69, 9.17) is 0 Å². The lowest BCUT2D eigenvalue weighted by molar-refractivity contribution is 1.61. The van der Waals surface area contributed by atoms with Gasteiger partial charge >= 0.3 is 0 Å². The monoisotopic (exact) mass is 656 g/mol. The van der Waals surface area contributed by atoms with E-state index in [1.54, 1.807) is 0 Å². The van der Waals surface area contributed by atoms with Gasteiger partial charge in [-0.3, -0.25) is 0 Å². The maximum Gasteiger partial charge on any atom is -0.000763 e. The van der Waals surface area contributed by atoms with Crippen molar-refractivity contribution in [2.75, 3.05) is 0 Å². The first-order valence-corrected chi connectivity index (χ1v) is 18.1. The predicted molar refractivity (Wildman–Crippen MR) is 224 cm³/mol. The Morgan fingerprint density at radius 1 is 0.192 bits per heavy atom. The molecular weight excluding hydrogens is 625 g/mol. The fourth-order valence-corrected chi connectivity index (χ4v) is 9.07. The van der Waals surface area contributed by atoms with Gasteiger partial charge in [0.15, 0.2) is 0 Å². The first-order chi connectivity index (χ1) is 25.8. The molecule has 0 saturated heterocycles. The molecule has 0 spiro atoms. The van der Waals surface area contributed by atoms with Crippen molar-refractivity contribution in [3.05, 3.63) is 194 Å². The van der Waals surface area contributed by atoms with Crippen LogP contribution in [0, 0.1) is 0 Å². The molecule has 0 aliphatic carbocycles. The molecule has 0 nitrogen and oxygen atoms in total.